The minimum absolute atomic E-state index is 0.0271. The number of nitrogens with zero attached hydrogens (tertiary/aromatic N) is 1. The third-order valence-electron chi connectivity index (χ3n) is 3.39. The smallest absolute Gasteiger partial charge is 0.240 e. The maximum absolute atomic E-state index is 12.4. The summed E-state index contributed by atoms with van der Waals surface area (Å²) < 4.78 is 27.6. The number of aryl methyl sites for hydroxylation is 1. The number of nitrogens with one attached hydrogen (secondary N) is 2. The molecule has 1 fully saturated rings. The van der Waals surface area contributed by atoms with Gasteiger partial charge in [0.2, 0.25) is 10.0 Å². The van der Waals surface area contributed by atoms with E-state index in [-0.39, 0.29) is 6.04 Å². The number of thiazole rings is 1. The van der Waals surface area contributed by atoms with Crippen LogP contribution in [-0.2, 0) is 10.0 Å². The van der Waals surface area contributed by atoms with Crippen molar-refractivity contribution in [2.75, 3.05) is 13.1 Å². The molecule has 1 saturated heterocycles. The molecule has 1 aliphatic heterocycles. The topological polar surface area (TPSA) is 71.1 Å². The summed E-state index contributed by atoms with van der Waals surface area (Å²) in [5, 5.41) is 5.95. The first-order valence-electron chi connectivity index (χ1n) is 6.80. The summed E-state index contributed by atoms with van der Waals surface area (Å²) in [6.07, 6.45) is 0.824. The van der Waals surface area contributed by atoms with E-state index in [9.17, 15) is 8.42 Å². The molecule has 0 aliphatic carbocycles. The van der Waals surface area contributed by atoms with Gasteiger partial charge in [-0.3, -0.25) is 0 Å². The highest BCUT2D eigenvalue weighted by Gasteiger charge is 2.23. The lowest BCUT2D eigenvalue weighted by molar-refractivity contribution is 0.560. The number of hydrogen-bond acceptors (Lipinski definition) is 5. The molecule has 0 saturated carbocycles. The van der Waals surface area contributed by atoms with Crippen LogP contribution in [0.2, 0.25) is 0 Å². The largest absolute Gasteiger partial charge is 0.315 e. The van der Waals surface area contributed by atoms with Gasteiger partial charge in [-0.05, 0) is 32.0 Å². The maximum Gasteiger partial charge on any atom is 0.240 e. The molecule has 0 spiro atoms. The zero-order chi connectivity index (χ0) is 14.9. The highest BCUT2D eigenvalue weighted by molar-refractivity contribution is 7.89. The first kappa shape index (κ1) is 14.6. The molecule has 1 aromatic carbocycles. The lowest BCUT2D eigenvalue weighted by Crippen LogP contribution is -2.36. The Morgan fingerprint density at radius 3 is 2.95 bits per heavy atom. The van der Waals surface area contributed by atoms with E-state index in [2.05, 4.69) is 15.0 Å². The van der Waals surface area contributed by atoms with E-state index in [0.717, 1.165) is 29.2 Å². The quantitative estimate of drug-likeness (QED) is 0.899. The van der Waals surface area contributed by atoms with Crippen molar-refractivity contribution in [2.24, 2.45) is 0 Å². The molecular formula is C14H17N3O2S2. The Morgan fingerprint density at radius 1 is 1.43 bits per heavy atom. The second-order valence-corrected chi connectivity index (χ2v) is 7.70. The van der Waals surface area contributed by atoms with Crippen LogP contribution in [0.3, 0.4) is 0 Å². The lowest BCUT2D eigenvalue weighted by atomic mass is 10.2. The first-order chi connectivity index (χ1) is 10.0. The number of aromatic nitrogens is 1. The zero-order valence-corrected chi connectivity index (χ0v) is 13.3. The fraction of sp³-hybridized carbons (Fsp3) is 0.357. The Balaban J connectivity index is 1.88. The van der Waals surface area contributed by atoms with E-state index in [1.807, 2.05) is 18.4 Å². The van der Waals surface area contributed by atoms with Crippen molar-refractivity contribution < 1.29 is 8.42 Å². The van der Waals surface area contributed by atoms with Crippen molar-refractivity contribution in [3.63, 3.8) is 0 Å². The number of sulfonamides is 1. The molecule has 3 rings (SSSR count). The average molecular weight is 323 g/mol. The molecule has 112 valence electrons. The summed E-state index contributed by atoms with van der Waals surface area (Å²) >= 11 is 1.52. The summed E-state index contributed by atoms with van der Waals surface area (Å²) in [7, 11) is -3.48. The second-order valence-electron chi connectivity index (χ2n) is 5.13. The molecule has 1 atom stereocenters. The third-order valence-corrected chi connectivity index (χ3v) is 5.92. The molecule has 0 bridgehead atoms. The summed E-state index contributed by atoms with van der Waals surface area (Å²) in [5.41, 5.74) is 1.78. The molecule has 0 radical (unpaired) electrons. The molecule has 1 unspecified atom stereocenters. The molecule has 1 aliphatic rings. The monoisotopic (exact) mass is 323 g/mol. The lowest BCUT2D eigenvalue weighted by Gasteiger charge is -2.12. The summed E-state index contributed by atoms with van der Waals surface area (Å²) in [4.78, 5) is 4.69. The predicted molar refractivity (Wildman–Crippen MR) is 83.9 cm³/mol. The van der Waals surface area contributed by atoms with Gasteiger partial charge in [-0.1, -0.05) is 12.1 Å². The molecule has 21 heavy (non-hydrogen) atoms. The highest BCUT2D eigenvalue weighted by Crippen LogP contribution is 2.25. The molecule has 2 aromatic rings. The van der Waals surface area contributed by atoms with Crippen molar-refractivity contribution >= 4 is 21.4 Å². The Bertz CT molecular complexity index is 734. The second kappa shape index (κ2) is 5.84. The Hall–Kier alpha value is -1.28. The van der Waals surface area contributed by atoms with E-state index >= 15 is 0 Å². The van der Waals surface area contributed by atoms with Crippen molar-refractivity contribution in [1.82, 2.24) is 15.0 Å². The summed E-state index contributed by atoms with van der Waals surface area (Å²) in [5.74, 6) is 0. The van der Waals surface area contributed by atoms with Crippen LogP contribution in [0.4, 0.5) is 0 Å². The van der Waals surface area contributed by atoms with E-state index < -0.39 is 10.0 Å². The minimum atomic E-state index is -3.48. The van der Waals surface area contributed by atoms with Gasteiger partial charge in [-0.25, -0.2) is 18.1 Å². The molecule has 1 aromatic heterocycles. The van der Waals surface area contributed by atoms with Crippen LogP contribution in [0.5, 0.6) is 0 Å². The van der Waals surface area contributed by atoms with E-state index in [4.69, 9.17) is 0 Å². The van der Waals surface area contributed by atoms with Gasteiger partial charge >= 0.3 is 0 Å². The number of rotatable bonds is 4. The van der Waals surface area contributed by atoms with E-state index in [1.54, 1.807) is 18.2 Å². The van der Waals surface area contributed by atoms with Gasteiger partial charge in [0.25, 0.3) is 0 Å². The van der Waals surface area contributed by atoms with Gasteiger partial charge in [0.1, 0.15) is 5.01 Å². The van der Waals surface area contributed by atoms with Crippen LogP contribution in [0, 0.1) is 6.92 Å². The summed E-state index contributed by atoms with van der Waals surface area (Å²) in [6, 6.07) is 6.92. The SMILES string of the molecule is Cc1csc(-c2cccc(S(=O)(=O)NC3CCNC3)c2)n1. The normalized spacial score (nSPS) is 19.0. The molecular weight excluding hydrogens is 306 g/mol. The zero-order valence-electron chi connectivity index (χ0n) is 11.7. The van der Waals surface area contributed by atoms with Crippen LogP contribution in [-0.4, -0.2) is 32.5 Å². The standard InChI is InChI=1S/C14H17N3O2S2/c1-10-9-20-14(16-10)11-3-2-4-13(7-11)21(18,19)17-12-5-6-15-8-12/h2-4,7,9,12,15,17H,5-6,8H2,1H3. The fourth-order valence-corrected chi connectivity index (χ4v) is 4.44. The highest BCUT2D eigenvalue weighted by atomic mass is 32.2. The van der Waals surface area contributed by atoms with Gasteiger partial charge in [-0.15, -0.1) is 11.3 Å². The molecule has 2 N–H and O–H groups in total. The third kappa shape index (κ3) is 3.32. The van der Waals surface area contributed by atoms with Gasteiger partial charge in [0, 0.05) is 29.2 Å². The predicted octanol–water partition coefficient (Wildman–Crippen LogP) is 1.76. The fourth-order valence-electron chi connectivity index (χ4n) is 2.33. The minimum Gasteiger partial charge on any atom is -0.315 e. The molecule has 5 nitrogen and oxygen atoms in total. The van der Waals surface area contributed by atoms with Gasteiger partial charge < -0.3 is 5.32 Å². The first-order valence-corrected chi connectivity index (χ1v) is 9.16. The van der Waals surface area contributed by atoms with Crippen LogP contribution in [0.15, 0.2) is 34.5 Å². The van der Waals surface area contributed by atoms with Crippen molar-refractivity contribution in [2.45, 2.75) is 24.3 Å². The Morgan fingerprint density at radius 2 is 2.29 bits per heavy atom. The Kier molecular flexibility index (Phi) is 4.08. The molecule has 7 heteroatoms. The van der Waals surface area contributed by atoms with Crippen LogP contribution in [0.1, 0.15) is 12.1 Å². The molecule has 0 amide bonds. The Labute approximate surface area is 128 Å². The van der Waals surface area contributed by atoms with Crippen LogP contribution in [0.25, 0.3) is 10.6 Å². The van der Waals surface area contributed by atoms with Crippen LogP contribution >= 0.6 is 11.3 Å². The van der Waals surface area contributed by atoms with E-state index in [1.165, 1.54) is 11.3 Å². The van der Waals surface area contributed by atoms with Gasteiger partial charge in [0.05, 0.1) is 4.90 Å². The summed E-state index contributed by atoms with van der Waals surface area (Å²) in [6.45, 7) is 3.46. The number of hydrogen-bond donors (Lipinski definition) is 2. The number of benzene rings is 1. The van der Waals surface area contributed by atoms with Gasteiger partial charge in [0.15, 0.2) is 0 Å². The van der Waals surface area contributed by atoms with Crippen molar-refractivity contribution in [1.29, 1.82) is 0 Å². The van der Waals surface area contributed by atoms with Crippen molar-refractivity contribution in [3.8, 4) is 10.6 Å². The van der Waals surface area contributed by atoms with E-state index in [0.29, 0.717) is 11.4 Å². The van der Waals surface area contributed by atoms with Gasteiger partial charge in [-0.2, -0.15) is 0 Å². The van der Waals surface area contributed by atoms with Crippen LogP contribution < -0.4 is 10.0 Å². The average Bonchev–Trinajstić information content (AvgIpc) is 3.10. The molecule has 2 heterocycles. The maximum atomic E-state index is 12.4. The van der Waals surface area contributed by atoms with Crippen molar-refractivity contribution in [3.05, 3.63) is 35.3 Å².